The summed E-state index contributed by atoms with van der Waals surface area (Å²) in [6.07, 6.45) is 3.37. The van der Waals surface area contributed by atoms with Crippen LogP contribution >= 0.6 is 21.6 Å². The summed E-state index contributed by atoms with van der Waals surface area (Å²) in [6.45, 7) is 1.57. The van der Waals surface area contributed by atoms with Crippen LogP contribution in [0.5, 0.6) is 5.75 Å². The number of hydrogen-bond donors (Lipinski definition) is 3. The number of aromatic nitrogens is 1. The van der Waals surface area contributed by atoms with Gasteiger partial charge in [0.05, 0.1) is 0 Å². The van der Waals surface area contributed by atoms with E-state index >= 15 is 0 Å². The maximum atomic E-state index is 10.4. The molecular formula is C16H20N2O2S2. The van der Waals surface area contributed by atoms with Crippen LogP contribution in [0.2, 0.25) is 0 Å². The topological polar surface area (TPSA) is 57.3 Å². The fourth-order valence-corrected chi connectivity index (χ4v) is 5.93. The maximum absolute atomic E-state index is 10.4. The van der Waals surface area contributed by atoms with Crippen molar-refractivity contribution in [3.63, 3.8) is 0 Å². The first-order valence-corrected chi connectivity index (χ1v) is 10.1. The quantitative estimate of drug-likeness (QED) is 0.733. The molecule has 3 atom stereocenters. The third kappa shape index (κ3) is 2.97. The van der Waals surface area contributed by atoms with Crippen molar-refractivity contribution < 1.29 is 9.84 Å². The Bertz CT molecular complexity index is 615. The Morgan fingerprint density at radius 1 is 1.45 bits per heavy atom. The molecule has 0 radical (unpaired) electrons. The summed E-state index contributed by atoms with van der Waals surface area (Å²) in [5.41, 5.74) is 2.31. The van der Waals surface area contributed by atoms with E-state index in [0.717, 1.165) is 29.6 Å². The molecule has 2 aliphatic heterocycles. The maximum Gasteiger partial charge on any atom is 0.130 e. The molecule has 1 aromatic heterocycles. The molecule has 2 aromatic rings. The molecule has 3 heterocycles. The summed E-state index contributed by atoms with van der Waals surface area (Å²) in [7, 11) is 3.90. The highest BCUT2D eigenvalue weighted by Crippen LogP contribution is 2.37. The van der Waals surface area contributed by atoms with Crippen LogP contribution in [-0.2, 0) is 6.42 Å². The van der Waals surface area contributed by atoms with E-state index in [9.17, 15) is 5.11 Å². The number of hydrogen-bond acceptors (Lipinski definition) is 5. The summed E-state index contributed by atoms with van der Waals surface area (Å²) in [4.78, 5) is 3.22. The molecule has 1 aromatic carbocycles. The summed E-state index contributed by atoms with van der Waals surface area (Å²) in [6, 6.07) is 6.24. The third-order valence-corrected chi connectivity index (χ3v) is 7.25. The first kappa shape index (κ1) is 14.8. The minimum Gasteiger partial charge on any atom is -0.487 e. The smallest absolute Gasteiger partial charge is 0.130 e. The van der Waals surface area contributed by atoms with Gasteiger partial charge < -0.3 is 20.1 Å². The van der Waals surface area contributed by atoms with Crippen molar-refractivity contribution in [1.29, 1.82) is 0 Å². The van der Waals surface area contributed by atoms with E-state index in [-0.39, 0.29) is 6.10 Å². The third-order valence-electron chi connectivity index (χ3n) is 4.32. The van der Waals surface area contributed by atoms with Gasteiger partial charge in [-0.15, -0.1) is 0 Å². The standard InChI is InChI=1S/C16H20N2O2S2/c19-14(9-17-8-12-2-4-21-22-12)16-7-11-5-13-10(1-3-18-13)6-15(11)20-16/h1,3,5-6,12,14,16-19H,2,4,7-9H2. The van der Waals surface area contributed by atoms with Crippen molar-refractivity contribution in [1.82, 2.24) is 10.3 Å². The molecule has 1 fully saturated rings. The highest BCUT2D eigenvalue weighted by molar-refractivity contribution is 8.77. The Labute approximate surface area is 137 Å². The molecule has 118 valence electrons. The first-order valence-electron chi connectivity index (χ1n) is 7.73. The Morgan fingerprint density at radius 3 is 3.27 bits per heavy atom. The SMILES string of the molecule is OC(CNCC1CCSS1)C1Cc2cc3[nH]ccc3cc2O1. The molecule has 3 N–H and O–H groups in total. The van der Waals surface area contributed by atoms with Gasteiger partial charge in [0.15, 0.2) is 0 Å². The lowest BCUT2D eigenvalue weighted by molar-refractivity contribution is 0.0502. The molecule has 0 amide bonds. The fourth-order valence-electron chi connectivity index (χ4n) is 3.06. The second-order valence-electron chi connectivity index (χ2n) is 5.94. The van der Waals surface area contributed by atoms with Crippen LogP contribution in [0.15, 0.2) is 24.4 Å². The monoisotopic (exact) mass is 336 g/mol. The van der Waals surface area contributed by atoms with Gasteiger partial charge in [0.25, 0.3) is 0 Å². The number of ether oxygens (including phenoxy) is 1. The number of aromatic amines is 1. The van der Waals surface area contributed by atoms with Crippen molar-refractivity contribution in [2.24, 2.45) is 0 Å². The lowest BCUT2D eigenvalue weighted by Crippen LogP contribution is -2.40. The van der Waals surface area contributed by atoms with Crippen LogP contribution in [0.25, 0.3) is 10.9 Å². The lowest BCUT2D eigenvalue weighted by atomic mass is 10.1. The van der Waals surface area contributed by atoms with E-state index in [1.165, 1.54) is 17.7 Å². The molecule has 1 saturated heterocycles. The van der Waals surface area contributed by atoms with Gasteiger partial charge in [-0.05, 0) is 24.6 Å². The fraction of sp³-hybridized carbons (Fsp3) is 0.500. The molecule has 4 nitrogen and oxygen atoms in total. The van der Waals surface area contributed by atoms with Crippen LogP contribution in [0, 0.1) is 0 Å². The summed E-state index contributed by atoms with van der Waals surface area (Å²) in [5, 5.41) is 15.6. The van der Waals surface area contributed by atoms with Gasteiger partial charge in [-0.2, -0.15) is 0 Å². The Hall–Kier alpha value is -0.820. The van der Waals surface area contributed by atoms with Crippen LogP contribution in [0.1, 0.15) is 12.0 Å². The van der Waals surface area contributed by atoms with E-state index in [1.807, 2.05) is 33.9 Å². The van der Waals surface area contributed by atoms with Gasteiger partial charge in [0.2, 0.25) is 0 Å². The zero-order valence-electron chi connectivity index (χ0n) is 12.2. The second kappa shape index (κ2) is 6.35. The van der Waals surface area contributed by atoms with Gasteiger partial charge in [-0.1, -0.05) is 21.6 Å². The Morgan fingerprint density at radius 2 is 2.41 bits per heavy atom. The summed E-state index contributed by atoms with van der Waals surface area (Å²) >= 11 is 0. The molecule has 2 aliphatic rings. The van der Waals surface area contributed by atoms with Gasteiger partial charge in [0.1, 0.15) is 18.0 Å². The number of rotatable bonds is 5. The predicted molar refractivity (Wildman–Crippen MR) is 93.7 cm³/mol. The van der Waals surface area contributed by atoms with Gasteiger partial charge >= 0.3 is 0 Å². The molecule has 0 spiro atoms. The van der Waals surface area contributed by atoms with Crippen LogP contribution in [-0.4, -0.2) is 46.4 Å². The van der Waals surface area contributed by atoms with E-state index < -0.39 is 6.10 Å². The van der Waals surface area contributed by atoms with E-state index in [2.05, 4.69) is 22.4 Å². The lowest BCUT2D eigenvalue weighted by Gasteiger charge is -2.19. The minimum absolute atomic E-state index is 0.139. The largest absolute Gasteiger partial charge is 0.487 e. The minimum atomic E-state index is -0.468. The van der Waals surface area contributed by atoms with Gasteiger partial charge in [0, 0.05) is 53.2 Å². The Kier molecular flexibility index (Phi) is 4.26. The molecule has 0 aliphatic carbocycles. The van der Waals surface area contributed by atoms with E-state index in [1.54, 1.807) is 0 Å². The van der Waals surface area contributed by atoms with Crippen molar-refractivity contribution in [3.8, 4) is 5.75 Å². The zero-order chi connectivity index (χ0) is 14.9. The van der Waals surface area contributed by atoms with Gasteiger partial charge in [-0.25, -0.2) is 0 Å². The molecule has 6 heteroatoms. The zero-order valence-corrected chi connectivity index (χ0v) is 13.9. The first-order chi connectivity index (χ1) is 10.8. The van der Waals surface area contributed by atoms with Crippen LogP contribution in [0.4, 0.5) is 0 Å². The highest BCUT2D eigenvalue weighted by atomic mass is 33.1. The number of benzene rings is 1. The molecule has 22 heavy (non-hydrogen) atoms. The van der Waals surface area contributed by atoms with Crippen molar-refractivity contribution >= 4 is 32.5 Å². The highest BCUT2D eigenvalue weighted by Gasteiger charge is 2.29. The van der Waals surface area contributed by atoms with Crippen LogP contribution in [0.3, 0.4) is 0 Å². The molecule has 3 unspecified atom stereocenters. The summed E-state index contributed by atoms with van der Waals surface area (Å²) < 4.78 is 5.96. The number of aliphatic hydroxyl groups is 1. The van der Waals surface area contributed by atoms with Crippen molar-refractivity contribution in [2.45, 2.75) is 30.3 Å². The molecule has 0 bridgehead atoms. The predicted octanol–water partition coefficient (Wildman–Crippen LogP) is 2.58. The normalized spacial score (nSPS) is 25.3. The average molecular weight is 336 g/mol. The number of aliphatic hydroxyl groups excluding tert-OH is 1. The van der Waals surface area contributed by atoms with Crippen LogP contribution < -0.4 is 10.1 Å². The second-order valence-corrected chi connectivity index (χ2v) is 8.73. The Balaban J connectivity index is 1.33. The van der Waals surface area contributed by atoms with E-state index in [0.29, 0.717) is 11.8 Å². The van der Waals surface area contributed by atoms with E-state index in [4.69, 9.17) is 4.74 Å². The average Bonchev–Trinajstić information content (AvgIpc) is 3.24. The molecular weight excluding hydrogens is 316 g/mol. The number of nitrogens with one attached hydrogen (secondary N) is 2. The number of fused-ring (bicyclic) bond motifs is 2. The van der Waals surface area contributed by atoms with Gasteiger partial charge in [-0.3, -0.25) is 0 Å². The molecule has 4 rings (SSSR count). The molecule has 0 saturated carbocycles. The van der Waals surface area contributed by atoms with Crippen molar-refractivity contribution in [2.75, 3.05) is 18.8 Å². The summed E-state index contributed by atoms with van der Waals surface area (Å²) in [5.74, 6) is 2.16. The number of H-pyrrole nitrogens is 1. The van der Waals surface area contributed by atoms with Crippen molar-refractivity contribution in [3.05, 3.63) is 30.0 Å².